The second kappa shape index (κ2) is 7.74. The number of fused-ring (bicyclic) bond motifs is 3. The summed E-state index contributed by atoms with van der Waals surface area (Å²) in [6.45, 7) is 8.72. The van der Waals surface area contributed by atoms with Crippen LogP contribution in [0.4, 0.5) is 5.69 Å². The van der Waals surface area contributed by atoms with Gasteiger partial charge in [0.05, 0.1) is 11.4 Å². The minimum atomic E-state index is 0.0105. The molecule has 0 fully saturated rings. The Morgan fingerprint density at radius 3 is 2.61 bits per heavy atom. The summed E-state index contributed by atoms with van der Waals surface area (Å²) in [6.07, 6.45) is 23.3. The van der Waals surface area contributed by atoms with Gasteiger partial charge in [0.1, 0.15) is 0 Å². The SMILES string of the molecule is C=CC1=c2c(cc(C3(C)C=CC=CC3)c/c2=C/C)-c2ccccc2N1C1=CCCC=C1. The van der Waals surface area contributed by atoms with Gasteiger partial charge in [0.25, 0.3) is 0 Å². The Morgan fingerprint density at radius 1 is 1.03 bits per heavy atom. The van der Waals surface area contributed by atoms with E-state index in [9.17, 15) is 0 Å². The van der Waals surface area contributed by atoms with Crippen LogP contribution in [0.15, 0.2) is 97.3 Å². The van der Waals surface area contributed by atoms with Crippen molar-refractivity contribution in [3.05, 3.63) is 113 Å². The summed E-state index contributed by atoms with van der Waals surface area (Å²) in [6, 6.07) is 13.6. The van der Waals surface area contributed by atoms with Gasteiger partial charge in [-0.2, -0.15) is 0 Å². The van der Waals surface area contributed by atoms with E-state index in [1.165, 1.54) is 38.5 Å². The number of allylic oxidation sites excluding steroid dienone is 7. The van der Waals surface area contributed by atoms with Crippen LogP contribution in [0.5, 0.6) is 0 Å². The molecule has 2 aliphatic carbocycles. The van der Waals surface area contributed by atoms with Crippen LogP contribution in [-0.2, 0) is 5.41 Å². The number of para-hydroxylation sites is 1. The molecule has 5 rings (SSSR count). The average Bonchev–Trinajstić information content (AvgIpc) is 2.83. The van der Waals surface area contributed by atoms with Crippen LogP contribution in [0, 0.1) is 0 Å². The number of benzene rings is 2. The smallest absolute Gasteiger partial charge is 0.0540 e. The monoisotopic (exact) mass is 403 g/mol. The molecule has 0 N–H and O–H groups in total. The van der Waals surface area contributed by atoms with Crippen molar-refractivity contribution >= 4 is 17.5 Å². The first-order chi connectivity index (χ1) is 15.2. The van der Waals surface area contributed by atoms with E-state index in [1.807, 2.05) is 6.08 Å². The standard InChI is InChI=1S/C30H29N/c1-4-22-20-23(30(3)18-12-7-13-19-30)21-26-25-16-10-11-17-28(25)31(27(5-2)29(22)26)24-14-8-6-9-15-24/h4-5,7-8,10-18,20-21H,2,6,9,19H2,1,3H3/b22-4-. The van der Waals surface area contributed by atoms with Gasteiger partial charge in [0, 0.05) is 21.9 Å². The molecule has 0 radical (unpaired) electrons. The molecule has 154 valence electrons. The summed E-state index contributed by atoms with van der Waals surface area (Å²) < 4.78 is 0. The van der Waals surface area contributed by atoms with Crippen molar-refractivity contribution in [3.8, 4) is 11.1 Å². The molecule has 0 bridgehead atoms. The predicted molar refractivity (Wildman–Crippen MR) is 134 cm³/mol. The van der Waals surface area contributed by atoms with Crippen LogP contribution < -0.4 is 15.3 Å². The van der Waals surface area contributed by atoms with Crippen molar-refractivity contribution in [3.63, 3.8) is 0 Å². The quantitative estimate of drug-likeness (QED) is 0.583. The minimum absolute atomic E-state index is 0.0105. The maximum absolute atomic E-state index is 4.24. The lowest BCUT2D eigenvalue weighted by atomic mass is 9.75. The van der Waals surface area contributed by atoms with E-state index in [1.54, 1.807) is 0 Å². The van der Waals surface area contributed by atoms with Gasteiger partial charge in [-0.05, 0) is 66.8 Å². The minimum Gasteiger partial charge on any atom is -0.310 e. The zero-order valence-electron chi connectivity index (χ0n) is 18.4. The molecular weight excluding hydrogens is 374 g/mol. The van der Waals surface area contributed by atoms with Crippen LogP contribution in [0.1, 0.15) is 38.7 Å². The molecule has 1 unspecified atom stereocenters. The summed E-state index contributed by atoms with van der Waals surface area (Å²) in [4.78, 5) is 2.39. The number of hydrogen-bond donors (Lipinski definition) is 0. The van der Waals surface area contributed by atoms with Gasteiger partial charge < -0.3 is 4.90 Å². The average molecular weight is 404 g/mol. The first-order valence-electron chi connectivity index (χ1n) is 11.2. The largest absolute Gasteiger partial charge is 0.310 e. The summed E-state index contributed by atoms with van der Waals surface area (Å²) in [5, 5.41) is 2.55. The van der Waals surface area contributed by atoms with E-state index in [0.717, 1.165) is 25.0 Å². The summed E-state index contributed by atoms with van der Waals surface area (Å²) in [5.74, 6) is 0. The Labute approximate surface area is 185 Å². The normalized spacial score (nSPS) is 22.3. The fourth-order valence-corrected chi connectivity index (χ4v) is 5.04. The van der Waals surface area contributed by atoms with Crippen molar-refractivity contribution < 1.29 is 0 Å². The van der Waals surface area contributed by atoms with E-state index < -0.39 is 0 Å². The molecule has 3 aliphatic rings. The molecule has 1 heteroatoms. The zero-order chi connectivity index (χ0) is 21.4. The third-order valence-corrected chi connectivity index (χ3v) is 6.75. The predicted octanol–water partition coefficient (Wildman–Crippen LogP) is 6.28. The maximum Gasteiger partial charge on any atom is 0.0540 e. The number of rotatable bonds is 3. The van der Waals surface area contributed by atoms with Crippen molar-refractivity contribution in [2.75, 3.05) is 4.90 Å². The lowest BCUT2D eigenvalue weighted by Crippen LogP contribution is -2.39. The highest BCUT2D eigenvalue weighted by Gasteiger charge is 2.29. The van der Waals surface area contributed by atoms with E-state index in [-0.39, 0.29) is 5.41 Å². The van der Waals surface area contributed by atoms with Gasteiger partial charge in [-0.3, -0.25) is 0 Å². The van der Waals surface area contributed by atoms with Gasteiger partial charge in [0.15, 0.2) is 0 Å². The fraction of sp³-hybridized carbons (Fsp3) is 0.200. The third kappa shape index (κ3) is 3.16. The Bertz CT molecular complexity index is 1300. The van der Waals surface area contributed by atoms with Crippen molar-refractivity contribution in [1.82, 2.24) is 0 Å². The van der Waals surface area contributed by atoms with Crippen molar-refractivity contribution in [2.24, 2.45) is 0 Å². The second-order valence-corrected chi connectivity index (χ2v) is 8.74. The molecule has 0 amide bonds. The Morgan fingerprint density at radius 2 is 1.90 bits per heavy atom. The zero-order valence-corrected chi connectivity index (χ0v) is 18.4. The summed E-state index contributed by atoms with van der Waals surface area (Å²) >= 11 is 0. The molecule has 0 saturated carbocycles. The van der Waals surface area contributed by atoms with E-state index in [2.05, 4.69) is 110 Å². The van der Waals surface area contributed by atoms with Crippen LogP contribution in [0.2, 0.25) is 0 Å². The molecule has 31 heavy (non-hydrogen) atoms. The molecule has 0 spiro atoms. The van der Waals surface area contributed by atoms with Crippen molar-refractivity contribution in [2.45, 2.75) is 38.5 Å². The van der Waals surface area contributed by atoms with Gasteiger partial charge in [-0.15, -0.1) is 0 Å². The Kier molecular flexibility index (Phi) is 4.90. The first kappa shape index (κ1) is 19.6. The Balaban J connectivity index is 1.87. The topological polar surface area (TPSA) is 3.24 Å². The highest BCUT2D eigenvalue weighted by molar-refractivity contribution is 5.95. The number of hydrogen-bond acceptors (Lipinski definition) is 1. The first-order valence-corrected chi connectivity index (χ1v) is 11.2. The molecule has 1 heterocycles. The highest BCUT2D eigenvalue weighted by atomic mass is 15.2. The third-order valence-electron chi connectivity index (χ3n) is 6.75. The van der Waals surface area contributed by atoms with Crippen LogP contribution >= 0.6 is 0 Å². The second-order valence-electron chi connectivity index (χ2n) is 8.74. The summed E-state index contributed by atoms with van der Waals surface area (Å²) in [7, 11) is 0. The molecule has 1 aliphatic heterocycles. The number of anilines is 1. The van der Waals surface area contributed by atoms with Crippen LogP contribution in [0.25, 0.3) is 22.9 Å². The molecule has 0 saturated heterocycles. The highest BCUT2D eigenvalue weighted by Crippen LogP contribution is 2.40. The van der Waals surface area contributed by atoms with E-state index >= 15 is 0 Å². The molecule has 0 aromatic heterocycles. The fourth-order valence-electron chi connectivity index (χ4n) is 5.04. The van der Waals surface area contributed by atoms with E-state index in [0.29, 0.717) is 0 Å². The molecule has 1 atom stereocenters. The van der Waals surface area contributed by atoms with Gasteiger partial charge in [0.2, 0.25) is 0 Å². The molecular formula is C30H29N. The molecule has 2 aromatic carbocycles. The van der Waals surface area contributed by atoms with Crippen LogP contribution in [-0.4, -0.2) is 0 Å². The molecule has 1 nitrogen and oxygen atoms in total. The maximum atomic E-state index is 4.24. The Hall–Kier alpha value is -3.32. The van der Waals surface area contributed by atoms with Gasteiger partial charge in [-0.25, -0.2) is 0 Å². The lowest BCUT2D eigenvalue weighted by Gasteiger charge is -2.35. The van der Waals surface area contributed by atoms with Crippen molar-refractivity contribution in [1.29, 1.82) is 0 Å². The van der Waals surface area contributed by atoms with Gasteiger partial charge in [-0.1, -0.05) is 80.3 Å². The van der Waals surface area contributed by atoms with Crippen LogP contribution in [0.3, 0.4) is 0 Å². The number of nitrogens with zero attached hydrogens (tertiary/aromatic N) is 1. The molecule has 2 aromatic rings. The summed E-state index contributed by atoms with van der Waals surface area (Å²) in [5.41, 5.74) is 7.59. The van der Waals surface area contributed by atoms with Gasteiger partial charge >= 0.3 is 0 Å². The lowest BCUT2D eigenvalue weighted by molar-refractivity contribution is 0.599. The van der Waals surface area contributed by atoms with E-state index in [4.69, 9.17) is 0 Å².